The SMILES string of the molecule is Cl.c1ccc(N2CCOCC2)c(CNC2CCCC2C2COCCN2)c1. The lowest BCUT2D eigenvalue weighted by Gasteiger charge is -2.34. The van der Waals surface area contributed by atoms with E-state index in [0.717, 1.165) is 52.6 Å². The topological polar surface area (TPSA) is 45.8 Å². The molecule has 2 N–H and O–H groups in total. The van der Waals surface area contributed by atoms with Crippen LogP contribution in [-0.2, 0) is 16.0 Å². The van der Waals surface area contributed by atoms with Crippen molar-refractivity contribution < 1.29 is 9.47 Å². The Hall–Kier alpha value is -0.850. The van der Waals surface area contributed by atoms with E-state index in [2.05, 4.69) is 39.8 Å². The predicted molar refractivity (Wildman–Crippen MR) is 107 cm³/mol. The van der Waals surface area contributed by atoms with Crippen molar-refractivity contribution in [3.63, 3.8) is 0 Å². The number of halogens is 1. The fraction of sp³-hybridized carbons (Fsp3) is 0.700. The molecular weight excluding hydrogens is 350 g/mol. The third-order valence-corrected chi connectivity index (χ3v) is 5.93. The van der Waals surface area contributed by atoms with Crippen LogP contribution in [-0.4, -0.2) is 58.1 Å². The van der Waals surface area contributed by atoms with Gasteiger partial charge in [-0.05, 0) is 30.4 Å². The van der Waals surface area contributed by atoms with Gasteiger partial charge in [0.15, 0.2) is 0 Å². The minimum absolute atomic E-state index is 0. The summed E-state index contributed by atoms with van der Waals surface area (Å²) < 4.78 is 11.2. The summed E-state index contributed by atoms with van der Waals surface area (Å²) >= 11 is 0. The van der Waals surface area contributed by atoms with Gasteiger partial charge in [-0.1, -0.05) is 24.6 Å². The number of para-hydroxylation sites is 1. The number of benzene rings is 1. The first-order valence-corrected chi connectivity index (χ1v) is 9.87. The van der Waals surface area contributed by atoms with Crippen molar-refractivity contribution in [3.05, 3.63) is 29.8 Å². The molecule has 146 valence electrons. The van der Waals surface area contributed by atoms with Gasteiger partial charge < -0.3 is 25.0 Å². The van der Waals surface area contributed by atoms with Gasteiger partial charge in [-0.25, -0.2) is 0 Å². The van der Waals surface area contributed by atoms with Gasteiger partial charge in [0.2, 0.25) is 0 Å². The first kappa shape index (κ1) is 19.9. The van der Waals surface area contributed by atoms with Crippen molar-refractivity contribution in [2.75, 3.05) is 51.0 Å². The van der Waals surface area contributed by atoms with Crippen molar-refractivity contribution in [1.29, 1.82) is 0 Å². The summed E-state index contributed by atoms with van der Waals surface area (Å²) in [4.78, 5) is 2.46. The molecule has 0 amide bonds. The maximum Gasteiger partial charge on any atom is 0.0642 e. The Labute approximate surface area is 163 Å². The molecule has 2 saturated heterocycles. The lowest BCUT2D eigenvalue weighted by Crippen LogP contribution is -2.50. The summed E-state index contributed by atoms with van der Waals surface area (Å²) in [6.45, 7) is 7.32. The molecule has 5 nitrogen and oxygen atoms in total. The number of nitrogens with zero attached hydrogens (tertiary/aromatic N) is 1. The molecular formula is C20H32ClN3O2. The molecule has 2 heterocycles. The number of hydrogen-bond acceptors (Lipinski definition) is 5. The first-order valence-electron chi connectivity index (χ1n) is 9.87. The normalized spacial score (nSPS) is 29.4. The van der Waals surface area contributed by atoms with Crippen LogP contribution >= 0.6 is 12.4 Å². The number of hydrogen-bond donors (Lipinski definition) is 2. The Bertz CT molecular complexity index is 548. The van der Waals surface area contributed by atoms with Crippen LogP contribution in [0.15, 0.2) is 24.3 Å². The van der Waals surface area contributed by atoms with Gasteiger partial charge in [-0.3, -0.25) is 0 Å². The Morgan fingerprint density at radius 1 is 1.08 bits per heavy atom. The highest BCUT2D eigenvalue weighted by atomic mass is 35.5. The van der Waals surface area contributed by atoms with E-state index in [-0.39, 0.29) is 12.4 Å². The molecule has 3 aliphatic rings. The molecule has 1 saturated carbocycles. The van der Waals surface area contributed by atoms with Gasteiger partial charge in [0.25, 0.3) is 0 Å². The Kier molecular flexibility index (Phi) is 7.58. The third-order valence-electron chi connectivity index (χ3n) is 5.93. The van der Waals surface area contributed by atoms with Crippen LogP contribution in [0.1, 0.15) is 24.8 Å². The van der Waals surface area contributed by atoms with Gasteiger partial charge in [-0.15, -0.1) is 12.4 Å². The quantitative estimate of drug-likeness (QED) is 0.818. The molecule has 26 heavy (non-hydrogen) atoms. The number of rotatable bonds is 5. The smallest absolute Gasteiger partial charge is 0.0642 e. The van der Waals surface area contributed by atoms with Crippen LogP contribution in [0.3, 0.4) is 0 Å². The van der Waals surface area contributed by atoms with E-state index in [0.29, 0.717) is 18.0 Å². The van der Waals surface area contributed by atoms with E-state index >= 15 is 0 Å². The molecule has 0 bridgehead atoms. The lowest BCUT2D eigenvalue weighted by molar-refractivity contribution is 0.0524. The second-order valence-electron chi connectivity index (χ2n) is 7.45. The molecule has 0 spiro atoms. The second kappa shape index (κ2) is 9.90. The minimum Gasteiger partial charge on any atom is -0.379 e. The van der Waals surface area contributed by atoms with Crippen LogP contribution in [0.2, 0.25) is 0 Å². The fourth-order valence-electron chi connectivity index (χ4n) is 4.60. The van der Waals surface area contributed by atoms with Crippen molar-refractivity contribution in [2.45, 2.75) is 37.9 Å². The van der Waals surface area contributed by atoms with E-state index in [1.807, 2.05) is 0 Å². The van der Waals surface area contributed by atoms with Crippen LogP contribution in [0.25, 0.3) is 0 Å². The molecule has 3 unspecified atom stereocenters. The number of ether oxygens (including phenoxy) is 2. The molecule has 1 aliphatic carbocycles. The van der Waals surface area contributed by atoms with Crippen LogP contribution in [0, 0.1) is 5.92 Å². The highest BCUT2D eigenvalue weighted by Gasteiger charge is 2.34. The van der Waals surface area contributed by atoms with E-state index in [1.54, 1.807) is 0 Å². The van der Waals surface area contributed by atoms with Crippen molar-refractivity contribution in [2.24, 2.45) is 5.92 Å². The van der Waals surface area contributed by atoms with Crippen LogP contribution in [0.5, 0.6) is 0 Å². The van der Waals surface area contributed by atoms with Gasteiger partial charge in [0.1, 0.15) is 0 Å². The summed E-state index contributed by atoms with van der Waals surface area (Å²) in [5, 5.41) is 7.54. The Balaban J connectivity index is 0.00000196. The van der Waals surface area contributed by atoms with Gasteiger partial charge in [0.05, 0.1) is 26.4 Å². The summed E-state index contributed by atoms with van der Waals surface area (Å²) in [6, 6.07) is 9.94. The molecule has 6 heteroatoms. The third kappa shape index (κ3) is 4.70. The Morgan fingerprint density at radius 3 is 2.73 bits per heavy atom. The average molecular weight is 382 g/mol. The summed E-state index contributed by atoms with van der Waals surface area (Å²) in [6.07, 6.45) is 3.91. The Morgan fingerprint density at radius 2 is 1.92 bits per heavy atom. The van der Waals surface area contributed by atoms with Gasteiger partial charge in [-0.2, -0.15) is 0 Å². The second-order valence-corrected chi connectivity index (χ2v) is 7.45. The van der Waals surface area contributed by atoms with E-state index in [1.165, 1.54) is 30.5 Å². The van der Waals surface area contributed by atoms with E-state index < -0.39 is 0 Å². The first-order chi connectivity index (χ1) is 12.4. The molecule has 3 fully saturated rings. The van der Waals surface area contributed by atoms with E-state index in [9.17, 15) is 0 Å². The number of anilines is 1. The summed E-state index contributed by atoms with van der Waals surface area (Å²) in [7, 11) is 0. The average Bonchev–Trinajstić information content (AvgIpc) is 3.17. The minimum atomic E-state index is 0. The molecule has 4 rings (SSSR count). The molecule has 1 aromatic rings. The van der Waals surface area contributed by atoms with Gasteiger partial charge >= 0.3 is 0 Å². The van der Waals surface area contributed by atoms with Crippen LogP contribution in [0.4, 0.5) is 5.69 Å². The van der Waals surface area contributed by atoms with E-state index in [4.69, 9.17) is 9.47 Å². The number of morpholine rings is 2. The van der Waals surface area contributed by atoms with Crippen molar-refractivity contribution in [3.8, 4) is 0 Å². The zero-order valence-corrected chi connectivity index (χ0v) is 16.3. The predicted octanol–water partition coefficient (Wildman–Crippen LogP) is 2.19. The highest BCUT2D eigenvalue weighted by Crippen LogP contribution is 2.30. The maximum atomic E-state index is 5.70. The molecule has 1 aromatic carbocycles. The molecule has 0 radical (unpaired) electrons. The van der Waals surface area contributed by atoms with Crippen molar-refractivity contribution in [1.82, 2.24) is 10.6 Å². The fourth-order valence-corrected chi connectivity index (χ4v) is 4.60. The molecule has 2 aliphatic heterocycles. The summed E-state index contributed by atoms with van der Waals surface area (Å²) in [5.41, 5.74) is 2.77. The standard InChI is InChI=1S/C20H31N3O2.ClH/c1-2-7-20(23-9-12-24-13-10-23)16(4-1)14-22-18-6-3-5-17(18)19-15-25-11-8-21-19;/h1-2,4,7,17-19,21-22H,3,5-6,8-15H2;1H. The molecule has 3 atom stereocenters. The van der Waals surface area contributed by atoms with Crippen LogP contribution < -0.4 is 15.5 Å². The lowest BCUT2D eigenvalue weighted by atomic mass is 9.93. The zero-order valence-electron chi connectivity index (χ0n) is 15.5. The maximum absolute atomic E-state index is 5.70. The summed E-state index contributed by atoms with van der Waals surface area (Å²) in [5.74, 6) is 0.691. The highest BCUT2D eigenvalue weighted by molar-refractivity contribution is 5.85. The zero-order chi connectivity index (χ0) is 16.9. The van der Waals surface area contributed by atoms with Crippen molar-refractivity contribution >= 4 is 18.1 Å². The molecule has 0 aromatic heterocycles. The monoisotopic (exact) mass is 381 g/mol. The largest absolute Gasteiger partial charge is 0.379 e. The van der Waals surface area contributed by atoms with Gasteiger partial charge in [0, 0.05) is 44.0 Å². The number of nitrogens with one attached hydrogen (secondary N) is 2.